The Kier molecular flexibility index (Phi) is 3.17. The summed E-state index contributed by atoms with van der Waals surface area (Å²) in [6.07, 6.45) is 7.06. The summed E-state index contributed by atoms with van der Waals surface area (Å²) >= 11 is 0. The van der Waals surface area contributed by atoms with Gasteiger partial charge in [-0.05, 0) is 51.4 Å². The number of rotatable bonds is 3. The van der Waals surface area contributed by atoms with Crippen LogP contribution in [0.15, 0.2) is 24.3 Å². The number of hydrogen-bond donors (Lipinski definition) is 1. The van der Waals surface area contributed by atoms with Gasteiger partial charge in [-0.2, -0.15) is 0 Å². The Hall–Kier alpha value is -1.56. The lowest BCUT2D eigenvalue weighted by atomic mass is 9.37. The molecule has 2 heterocycles. The van der Waals surface area contributed by atoms with Crippen molar-refractivity contribution in [1.29, 1.82) is 0 Å². The standard InChI is InChI=1S/C23H29NO4/c1-13(25)15-12-21-7-8-23(15,27-4)20-22(21)9-10-24(2)17(21)11-14-5-6-16(26-3)19(28-20)18(14)22/h5-8,13,15,17,20,25H,9-12H2,1-4H3/t13-,15-,17-,20-,21+,22+,23?/m1/s1. The number of benzene rings is 1. The molecule has 5 heteroatoms. The Balaban J connectivity index is 1.71. The van der Waals surface area contributed by atoms with E-state index in [1.165, 1.54) is 11.1 Å². The van der Waals surface area contributed by atoms with Crippen molar-refractivity contribution in [3.63, 3.8) is 0 Å². The first-order valence-electron chi connectivity index (χ1n) is 10.5. The number of piperidine rings is 1. The molecule has 1 unspecified atom stereocenters. The van der Waals surface area contributed by atoms with Crippen LogP contribution >= 0.6 is 0 Å². The minimum atomic E-state index is -0.616. The maximum Gasteiger partial charge on any atom is 0.166 e. The van der Waals surface area contributed by atoms with Crippen LogP contribution in [-0.4, -0.2) is 61.7 Å². The Morgan fingerprint density at radius 2 is 2.11 bits per heavy atom. The van der Waals surface area contributed by atoms with E-state index in [1.54, 1.807) is 14.2 Å². The number of methoxy groups -OCH3 is 2. The molecule has 2 aliphatic heterocycles. The van der Waals surface area contributed by atoms with Gasteiger partial charge >= 0.3 is 0 Å². The molecule has 150 valence electrons. The number of ether oxygens (including phenoxy) is 3. The maximum atomic E-state index is 10.8. The predicted molar refractivity (Wildman–Crippen MR) is 105 cm³/mol. The lowest BCUT2D eigenvalue weighted by molar-refractivity contribution is -0.228. The van der Waals surface area contributed by atoms with E-state index in [9.17, 15) is 5.11 Å². The molecular formula is C23H29NO4. The first kappa shape index (κ1) is 17.3. The zero-order valence-corrected chi connectivity index (χ0v) is 17.1. The highest BCUT2D eigenvalue weighted by atomic mass is 16.6. The van der Waals surface area contributed by atoms with Gasteiger partial charge in [-0.15, -0.1) is 0 Å². The quantitative estimate of drug-likeness (QED) is 0.812. The molecule has 0 aromatic heterocycles. The number of aliphatic hydroxyl groups excluding tert-OH is 1. The van der Waals surface area contributed by atoms with Gasteiger partial charge in [0.1, 0.15) is 11.7 Å². The maximum absolute atomic E-state index is 10.8. The largest absolute Gasteiger partial charge is 0.493 e. The van der Waals surface area contributed by atoms with E-state index < -0.39 is 11.7 Å². The monoisotopic (exact) mass is 383 g/mol. The molecule has 1 aromatic carbocycles. The van der Waals surface area contributed by atoms with Crippen LogP contribution in [0.3, 0.4) is 0 Å². The predicted octanol–water partition coefficient (Wildman–Crippen LogP) is 2.30. The van der Waals surface area contributed by atoms with Crippen LogP contribution in [-0.2, 0) is 16.6 Å². The SMILES string of the molecule is COc1ccc2c3c1O[C@H]1C4(OC)C=C[C@]5(C[C@@H]4[C@@H](C)O)[C@@H](C2)N(C)CC[C@]315. The summed E-state index contributed by atoms with van der Waals surface area (Å²) in [6.45, 7) is 2.95. The summed E-state index contributed by atoms with van der Waals surface area (Å²) in [5.74, 6) is 1.74. The van der Waals surface area contributed by atoms with E-state index in [1.807, 2.05) is 6.92 Å². The van der Waals surface area contributed by atoms with Gasteiger partial charge < -0.3 is 24.2 Å². The molecule has 28 heavy (non-hydrogen) atoms. The second-order valence-electron chi connectivity index (χ2n) is 9.53. The van der Waals surface area contributed by atoms with Crippen LogP contribution in [0.5, 0.6) is 11.5 Å². The van der Waals surface area contributed by atoms with Crippen LogP contribution < -0.4 is 9.47 Å². The summed E-state index contributed by atoms with van der Waals surface area (Å²) in [5.41, 5.74) is 1.97. The van der Waals surface area contributed by atoms with Crippen LogP contribution in [0.4, 0.5) is 0 Å². The lowest BCUT2D eigenvalue weighted by Crippen LogP contribution is -2.79. The van der Waals surface area contributed by atoms with Crippen molar-refractivity contribution in [2.75, 3.05) is 27.8 Å². The van der Waals surface area contributed by atoms with Gasteiger partial charge in [-0.3, -0.25) is 0 Å². The second kappa shape index (κ2) is 5.13. The van der Waals surface area contributed by atoms with Gasteiger partial charge in [-0.1, -0.05) is 18.2 Å². The van der Waals surface area contributed by atoms with Crippen molar-refractivity contribution in [2.24, 2.45) is 11.3 Å². The molecule has 1 aromatic rings. The molecule has 7 atom stereocenters. The average Bonchev–Trinajstić information content (AvgIpc) is 3.07. The number of aliphatic hydroxyl groups is 1. The van der Waals surface area contributed by atoms with Gasteiger partial charge in [0.15, 0.2) is 11.5 Å². The minimum absolute atomic E-state index is 0.0106. The van der Waals surface area contributed by atoms with Gasteiger partial charge in [0.25, 0.3) is 0 Å². The summed E-state index contributed by atoms with van der Waals surface area (Å²) in [4.78, 5) is 2.53. The van der Waals surface area contributed by atoms with Crippen molar-refractivity contribution in [3.05, 3.63) is 35.4 Å². The Bertz CT molecular complexity index is 897. The van der Waals surface area contributed by atoms with E-state index in [4.69, 9.17) is 14.2 Å². The molecule has 1 saturated heterocycles. The van der Waals surface area contributed by atoms with Crippen molar-refractivity contribution in [3.8, 4) is 11.5 Å². The fraction of sp³-hybridized carbons (Fsp3) is 0.652. The number of hydrogen-bond acceptors (Lipinski definition) is 5. The molecule has 6 aliphatic rings. The molecule has 4 aliphatic carbocycles. The van der Waals surface area contributed by atoms with E-state index >= 15 is 0 Å². The van der Waals surface area contributed by atoms with Gasteiger partial charge in [0.05, 0.1) is 18.6 Å². The Morgan fingerprint density at radius 3 is 2.82 bits per heavy atom. The molecule has 0 radical (unpaired) electrons. The van der Waals surface area contributed by atoms with E-state index in [0.717, 1.165) is 37.3 Å². The zero-order valence-electron chi connectivity index (χ0n) is 17.1. The average molecular weight is 383 g/mol. The number of nitrogens with zero attached hydrogens (tertiary/aromatic N) is 1. The highest BCUT2D eigenvalue weighted by molar-refractivity contribution is 5.65. The molecule has 2 fully saturated rings. The van der Waals surface area contributed by atoms with Crippen LogP contribution in [0.1, 0.15) is 30.9 Å². The summed E-state index contributed by atoms with van der Waals surface area (Å²) in [7, 11) is 5.74. The first-order chi connectivity index (χ1) is 13.4. The molecule has 1 N–H and O–H groups in total. The van der Waals surface area contributed by atoms with Crippen molar-refractivity contribution in [2.45, 2.75) is 55.5 Å². The Morgan fingerprint density at radius 1 is 1.29 bits per heavy atom. The lowest BCUT2D eigenvalue weighted by Gasteiger charge is -2.71. The molecule has 1 saturated carbocycles. The minimum Gasteiger partial charge on any atom is -0.493 e. The van der Waals surface area contributed by atoms with E-state index in [2.05, 4.69) is 36.2 Å². The highest BCUT2D eigenvalue weighted by Crippen LogP contribution is 2.74. The molecule has 5 nitrogen and oxygen atoms in total. The summed E-state index contributed by atoms with van der Waals surface area (Å²) in [5, 5.41) is 10.8. The summed E-state index contributed by atoms with van der Waals surface area (Å²) in [6, 6.07) is 4.70. The topological polar surface area (TPSA) is 51.2 Å². The third kappa shape index (κ3) is 1.54. The van der Waals surface area contributed by atoms with Crippen molar-refractivity contribution >= 4 is 0 Å². The fourth-order valence-corrected chi connectivity index (χ4v) is 7.81. The smallest absolute Gasteiger partial charge is 0.166 e. The number of likely N-dealkylation sites (N-methyl/N-ethyl adjacent to an activating group) is 1. The van der Waals surface area contributed by atoms with Crippen LogP contribution in [0.2, 0.25) is 0 Å². The normalized spacial score (nSPS) is 45.5. The molecule has 4 bridgehead atoms. The van der Waals surface area contributed by atoms with Crippen molar-refractivity contribution in [1.82, 2.24) is 4.90 Å². The second-order valence-corrected chi connectivity index (χ2v) is 9.53. The third-order valence-electron chi connectivity index (χ3n) is 8.91. The number of fused-ring (bicyclic) bond motifs is 1. The Labute approximate surface area is 166 Å². The van der Waals surface area contributed by atoms with Gasteiger partial charge in [0, 0.05) is 30.0 Å². The molecule has 0 amide bonds. The number of likely N-dealkylation sites (tertiary alicyclic amines) is 1. The van der Waals surface area contributed by atoms with E-state index in [0.29, 0.717) is 6.04 Å². The van der Waals surface area contributed by atoms with Crippen molar-refractivity contribution < 1.29 is 19.3 Å². The van der Waals surface area contributed by atoms with Crippen LogP contribution in [0, 0.1) is 11.3 Å². The molecular weight excluding hydrogens is 354 g/mol. The third-order valence-corrected chi connectivity index (χ3v) is 8.91. The molecule has 2 spiro atoms. The van der Waals surface area contributed by atoms with Gasteiger partial charge in [0.2, 0.25) is 0 Å². The highest BCUT2D eigenvalue weighted by Gasteiger charge is 2.79. The fourth-order valence-electron chi connectivity index (χ4n) is 7.81. The van der Waals surface area contributed by atoms with Crippen LogP contribution in [0.25, 0.3) is 0 Å². The zero-order chi connectivity index (χ0) is 19.5. The summed E-state index contributed by atoms with van der Waals surface area (Å²) < 4.78 is 18.8. The van der Waals surface area contributed by atoms with Gasteiger partial charge in [-0.25, -0.2) is 0 Å². The molecule has 7 rings (SSSR count). The van der Waals surface area contributed by atoms with E-state index in [-0.39, 0.29) is 22.9 Å². The first-order valence-corrected chi connectivity index (χ1v) is 10.5.